The van der Waals surface area contributed by atoms with E-state index in [-0.39, 0.29) is 64.8 Å². The summed E-state index contributed by atoms with van der Waals surface area (Å²) < 4.78 is 33.8. The van der Waals surface area contributed by atoms with Crippen molar-refractivity contribution in [3.05, 3.63) is 70.1 Å². The van der Waals surface area contributed by atoms with Crippen LogP contribution in [0.1, 0.15) is 16.1 Å². The number of aryl methyl sites for hydroxylation is 1. The van der Waals surface area contributed by atoms with Crippen LogP contribution in [0.15, 0.2) is 68.4 Å². The number of rotatable bonds is 5. The molecule has 0 amide bonds. The first kappa shape index (κ1) is 26.5. The first-order valence-corrected chi connectivity index (χ1v) is 9.19. The third-order valence-corrected chi connectivity index (χ3v) is 4.60. The average molecular weight is 446 g/mol. The smallest absolute Gasteiger partial charge is 0.744 e. The van der Waals surface area contributed by atoms with Crippen LogP contribution >= 0.6 is 0 Å². The van der Waals surface area contributed by atoms with Gasteiger partial charge in [-0.15, -0.1) is 5.11 Å². The molecule has 1 aromatic heterocycles. The van der Waals surface area contributed by atoms with Crippen molar-refractivity contribution in [2.75, 3.05) is 0 Å². The molecule has 1 heterocycles. The molecular weight excluding hydrogens is 434 g/mol. The summed E-state index contributed by atoms with van der Waals surface area (Å²) in [4.78, 5) is 23.4. The van der Waals surface area contributed by atoms with Gasteiger partial charge in [0.1, 0.15) is 15.8 Å². The van der Waals surface area contributed by atoms with Gasteiger partial charge in [-0.05, 0) is 43.3 Å². The topological polar surface area (TPSA) is 160 Å². The van der Waals surface area contributed by atoms with Gasteiger partial charge in [-0.1, -0.05) is 17.7 Å². The Labute approximate surface area is 215 Å². The van der Waals surface area contributed by atoms with Gasteiger partial charge in [0.2, 0.25) is 0 Å². The third kappa shape index (κ3) is 5.99. The number of aromatic nitrogens is 2. The minimum absolute atomic E-state index is 0. The quantitative estimate of drug-likeness (QED) is 0.235. The number of hydrogen-bond acceptors (Lipinski definition) is 8. The van der Waals surface area contributed by atoms with E-state index in [9.17, 15) is 27.7 Å². The Bertz CT molecular complexity index is 1230. The molecule has 0 unspecified atom stereocenters. The maximum atomic E-state index is 12.6. The van der Waals surface area contributed by atoms with Gasteiger partial charge >= 0.3 is 59.1 Å². The van der Waals surface area contributed by atoms with Crippen molar-refractivity contribution >= 4 is 27.5 Å². The van der Waals surface area contributed by atoms with Crippen molar-refractivity contribution in [1.29, 1.82) is 0 Å². The minimum atomic E-state index is -4.66. The summed E-state index contributed by atoms with van der Waals surface area (Å²) in [6, 6.07) is 11.2. The van der Waals surface area contributed by atoms with Crippen molar-refractivity contribution in [3.8, 4) is 5.69 Å². The number of azo groups is 1. The number of aromatic carboxylic acids is 1. The molecule has 3 rings (SSSR count). The summed E-state index contributed by atoms with van der Waals surface area (Å²) in [7, 11) is -4.66. The largest absolute Gasteiger partial charge is 1.00 e. The van der Waals surface area contributed by atoms with Crippen LogP contribution in [0.2, 0.25) is 0 Å². The first-order valence-electron chi connectivity index (χ1n) is 7.78. The van der Waals surface area contributed by atoms with Crippen LogP contribution in [-0.2, 0) is 10.1 Å². The summed E-state index contributed by atoms with van der Waals surface area (Å²) in [5.74, 6) is -1.67. The van der Waals surface area contributed by atoms with E-state index in [1.165, 1.54) is 12.1 Å². The number of hydrogen-bond donors (Lipinski definition) is 1. The standard InChI is InChI=1S/C17H14N4O6S.2Na/c1-10-2-4-11(5-3-10)18-19-14-15(17(23)24)20-21(16(14)22)12-6-8-13(9-7-12)28(25,26)27;;/h2-9,20H,1H3,(H,23,24)(H,25,26,27);;/q;2*+1/p-2. The number of benzene rings is 2. The molecule has 0 bridgehead atoms. The number of aromatic amines is 1. The van der Waals surface area contributed by atoms with Crippen molar-refractivity contribution in [1.82, 2.24) is 9.78 Å². The number of carboxylic acids is 1. The summed E-state index contributed by atoms with van der Waals surface area (Å²) in [5.41, 5.74) is -0.430. The molecule has 3 aromatic rings. The van der Waals surface area contributed by atoms with Gasteiger partial charge in [-0.2, -0.15) is 5.11 Å². The first-order chi connectivity index (χ1) is 13.2. The molecule has 0 aliphatic rings. The number of nitrogens with one attached hydrogen (secondary N) is 1. The second kappa shape index (κ2) is 10.6. The van der Waals surface area contributed by atoms with E-state index in [0.717, 1.165) is 22.4 Å². The van der Waals surface area contributed by atoms with Crippen LogP contribution in [0.3, 0.4) is 0 Å². The molecule has 1 N–H and O–H groups in total. The van der Waals surface area contributed by atoms with Crippen molar-refractivity contribution < 1.29 is 82.0 Å². The minimum Gasteiger partial charge on any atom is -0.744 e. The number of H-pyrrole nitrogens is 1. The Hall–Kier alpha value is -1.57. The molecule has 0 saturated carbocycles. The SMILES string of the molecule is Cc1ccc(N=Nc2c(C(=O)[O-])[nH]n(-c3ccc(S(=O)(=O)[O-])cc3)c2=O)cc1.[Na+].[Na+]. The van der Waals surface area contributed by atoms with E-state index in [1.807, 2.05) is 6.92 Å². The normalized spacial score (nSPS) is 11.0. The second-order valence-corrected chi connectivity index (χ2v) is 7.13. The predicted molar refractivity (Wildman–Crippen MR) is 94.0 cm³/mol. The molecule has 0 spiro atoms. The number of nitrogens with zero attached hydrogens (tertiary/aromatic N) is 3. The zero-order chi connectivity index (χ0) is 20.5. The number of carboxylic acid groups (broad SMARTS) is 1. The maximum absolute atomic E-state index is 12.6. The fraction of sp³-hybridized carbons (Fsp3) is 0.0588. The van der Waals surface area contributed by atoms with Crippen molar-refractivity contribution in [2.45, 2.75) is 11.8 Å². The van der Waals surface area contributed by atoms with Crippen LogP contribution < -0.4 is 69.8 Å². The van der Waals surface area contributed by atoms with Crippen LogP contribution in [0.25, 0.3) is 5.69 Å². The third-order valence-electron chi connectivity index (χ3n) is 3.75. The van der Waals surface area contributed by atoms with E-state index < -0.39 is 37.9 Å². The van der Waals surface area contributed by atoms with E-state index in [4.69, 9.17) is 0 Å². The van der Waals surface area contributed by atoms with Gasteiger partial charge in [0.25, 0.3) is 5.56 Å². The van der Waals surface area contributed by atoms with E-state index in [1.54, 1.807) is 24.3 Å². The van der Waals surface area contributed by atoms with Crippen LogP contribution in [-0.4, -0.2) is 28.7 Å². The zero-order valence-electron chi connectivity index (χ0n) is 16.3. The predicted octanol–water partition coefficient (Wildman–Crippen LogP) is -4.83. The Balaban J connectivity index is 0.00000225. The Kier molecular flexibility index (Phi) is 9.39. The molecule has 0 aliphatic heterocycles. The molecule has 144 valence electrons. The Morgan fingerprint density at radius 2 is 1.57 bits per heavy atom. The molecule has 0 radical (unpaired) electrons. The molecular formula is C17H12N4Na2O6S. The maximum Gasteiger partial charge on any atom is 1.00 e. The second-order valence-electron chi connectivity index (χ2n) is 5.75. The Morgan fingerprint density at radius 3 is 2.07 bits per heavy atom. The van der Waals surface area contributed by atoms with Crippen LogP contribution in [0.4, 0.5) is 11.4 Å². The monoisotopic (exact) mass is 446 g/mol. The molecule has 10 nitrogen and oxygen atoms in total. The molecule has 30 heavy (non-hydrogen) atoms. The zero-order valence-corrected chi connectivity index (χ0v) is 21.1. The molecule has 0 fully saturated rings. The Morgan fingerprint density at radius 1 is 1.00 bits per heavy atom. The molecule has 0 atom stereocenters. The van der Waals surface area contributed by atoms with E-state index in [2.05, 4.69) is 15.3 Å². The van der Waals surface area contributed by atoms with Gasteiger partial charge in [-0.25, -0.2) is 13.1 Å². The van der Waals surface area contributed by atoms with Crippen LogP contribution in [0.5, 0.6) is 0 Å². The van der Waals surface area contributed by atoms with Gasteiger partial charge in [0.15, 0.2) is 5.69 Å². The van der Waals surface area contributed by atoms with Gasteiger partial charge in [0.05, 0.1) is 22.2 Å². The fourth-order valence-electron chi connectivity index (χ4n) is 2.33. The molecule has 0 aliphatic carbocycles. The molecule has 2 aromatic carbocycles. The van der Waals surface area contributed by atoms with Crippen LogP contribution in [0, 0.1) is 6.92 Å². The molecule has 0 saturated heterocycles. The summed E-state index contributed by atoms with van der Waals surface area (Å²) in [6.45, 7) is 1.88. The average Bonchev–Trinajstić information content (AvgIpc) is 2.97. The van der Waals surface area contributed by atoms with Gasteiger partial charge in [-0.3, -0.25) is 9.89 Å². The number of carbonyl (C=O) groups excluding carboxylic acids is 1. The molecule has 13 heteroatoms. The van der Waals surface area contributed by atoms with Crippen molar-refractivity contribution in [3.63, 3.8) is 0 Å². The summed E-state index contributed by atoms with van der Waals surface area (Å²) in [6.07, 6.45) is 0. The number of carbonyl (C=O) groups is 1. The van der Waals surface area contributed by atoms with E-state index >= 15 is 0 Å². The van der Waals surface area contributed by atoms with Gasteiger partial charge < -0.3 is 14.5 Å². The van der Waals surface area contributed by atoms with E-state index in [0.29, 0.717) is 5.69 Å². The summed E-state index contributed by atoms with van der Waals surface area (Å²) in [5, 5.41) is 21.3. The fourth-order valence-corrected chi connectivity index (χ4v) is 2.80. The van der Waals surface area contributed by atoms with Crippen molar-refractivity contribution in [2.24, 2.45) is 10.2 Å². The summed E-state index contributed by atoms with van der Waals surface area (Å²) >= 11 is 0. The van der Waals surface area contributed by atoms with Gasteiger partial charge in [0, 0.05) is 0 Å².